The van der Waals surface area contributed by atoms with Crippen LogP contribution in [0.25, 0.3) is 0 Å². The molecule has 0 aromatic heterocycles. The number of rotatable bonds is 6. The number of hydrogen-bond acceptors (Lipinski definition) is 3. The molecule has 1 unspecified atom stereocenters. The number of sulfonamides is 1. The fourth-order valence-electron chi connectivity index (χ4n) is 1.34. The monoisotopic (exact) mass is 399 g/mol. The molecule has 0 saturated heterocycles. The van der Waals surface area contributed by atoms with E-state index in [1.54, 1.807) is 18.2 Å². The summed E-state index contributed by atoms with van der Waals surface area (Å²) in [6.07, 6.45) is 0.572. The van der Waals surface area contributed by atoms with Gasteiger partial charge in [0.15, 0.2) is 0 Å². The van der Waals surface area contributed by atoms with Gasteiger partial charge >= 0.3 is 0 Å². The van der Waals surface area contributed by atoms with Gasteiger partial charge in [0.1, 0.15) is 0 Å². The Kier molecular flexibility index (Phi) is 6.26. The lowest BCUT2D eigenvalue weighted by atomic mass is 10.1. The number of aliphatic hydroxyl groups is 1. The van der Waals surface area contributed by atoms with Gasteiger partial charge in [-0.25, -0.2) is 13.1 Å². The summed E-state index contributed by atoms with van der Waals surface area (Å²) in [7, 11) is -3.54. The molecule has 1 rings (SSSR count). The predicted molar refractivity (Wildman–Crippen MR) is 77.9 cm³/mol. The van der Waals surface area contributed by atoms with Crippen molar-refractivity contribution in [3.8, 4) is 0 Å². The molecule has 0 aliphatic carbocycles. The van der Waals surface area contributed by atoms with Crippen molar-refractivity contribution >= 4 is 41.9 Å². The molecule has 0 amide bonds. The lowest BCUT2D eigenvalue weighted by molar-refractivity contribution is 0.263. The van der Waals surface area contributed by atoms with E-state index >= 15 is 0 Å². The zero-order chi connectivity index (χ0) is 13.8. The molecule has 2 N–H and O–H groups in total. The smallest absolute Gasteiger partial charge is 0.241 e. The maximum atomic E-state index is 12.1. The summed E-state index contributed by atoms with van der Waals surface area (Å²) in [4.78, 5) is 0.202. The molecular weight excluding hydrogens is 386 g/mol. The van der Waals surface area contributed by atoms with Gasteiger partial charge in [-0.3, -0.25) is 0 Å². The maximum Gasteiger partial charge on any atom is 0.241 e. The van der Waals surface area contributed by atoms with Crippen LogP contribution in [-0.4, -0.2) is 26.7 Å². The van der Waals surface area contributed by atoms with Crippen LogP contribution in [0.1, 0.15) is 13.3 Å². The molecule has 0 fully saturated rings. The lowest BCUT2D eigenvalue weighted by Gasteiger charge is -2.12. The van der Waals surface area contributed by atoms with Crippen molar-refractivity contribution in [2.45, 2.75) is 18.2 Å². The van der Waals surface area contributed by atoms with Crippen LogP contribution < -0.4 is 4.72 Å². The molecule has 1 aromatic carbocycles. The average Bonchev–Trinajstić information content (AvgIpc) is 2.30. The van der Waals surface area contributed by atoms with Crippen LogP contribution in [-0.2, 0) is 10.0 Å². The van der Waals surface area contributed by atoms with Crippen LogP contribution in [0.3, 0.4) is 0 Å². The Morgan fingerprint density at radius 1 is 1.39 bits per heavy atom. The standard InChI is InChI=1S/C11H15Br2NO3S/c1-8(4-5-15)7-14-18(16,17)11-6-9(12)2-3-10(11)13/h2-3,6,8,14-15H,4-5,7H2,1H3. The van der Waals surface area contributed by atoms with Gasteiger partial charge in [0.2, 0.25) is 10.0 Å². The van der Waals surface area contributed by atoms with Gasteiger partial charge in [-0.15, -0.1) is 0 Å². The van der Waals surface area contributed by atoms with Crippen molar-refractivity contribution in [1.29, 1.82) is 0 Å². The second-order valence-electron chi connectivity index (χ2n) is 4.04. The van der Waals surface area contributed by atoms with Crippen molar-refractivity contribution in [3.63, 3.8) is 0 Å². The molecule has 0 heterocycles. The molecule has 102 valence electrons. The summed E-state index contributed by atoms with van der Waals surface area (Å²) in [5.41, 5.74) is 0. The Morgan fingerprint density at radius 2 is 2.06 bits per heavy atom. The van der Waals surface area contributed by atoms with E-state index < -0.39 is 10.0 Å². The summed E-state index contributed by atoms with van der Waals surface area (Å²) < 4.78 is 27.9. The van der Waals surface area contributed by atoms with E-state index in [-0.39, 0.29) is 17.4 Å². The van der Waals surface area contributed by atoms with Gasteiger partial charge in [0.25, 0.3) is 0 Å². The van der Waals surface area contributed by atoms with E-state index in [1.165, 1.54) is 0 Å². The number of nitrogens with one attached hydrogen (secondary N) is 1. The quantitative estimate of drug-likeness (QED) is 0.770. The van der Waals surface area contributed by atoms with E-state index in [9.17, 15) is 8.42 Å². The molecule has 4 nitrogen and oxygen atoms in total. The van der Waals surface area contributed by atoms with Crippen molar-refractivity contribution in [3.05, 3.63) is 27.1 Å². The fourth-order valence-corrected chi connectivity index (χ4v) is 4.00. The molecule has 18 heavy (non-hydrogen) atoms. The molecule has 0 radical (unpaired) electrons. The van der Waals surface area contributed by atoms with E-state index in [1.807, 2.05) is 6.92 Å². The van der Waals surface area contributed by atoms with Crippen LogP contribution in [0.15, 0.2) is 32.0 Å². The summed E-state index contributed by atoms with van der Waals surface area (Å²) in [6, 6.07) is 4.98. The van der Waals surface area contributed by atoms with E-state index in [0.717, 1.165) is 0 Å². The van der Waals surface area contributed by atoms with Crippen LogP contribution in [0.2, 0.25) is 0 Å². The summed E-state index contributed by atoms with van der Waals surface area (Å²) in [6.45, 7) is 2.25. The number of hydrogen-bond donors (Lipinski definition) is 2. The van der Waals surface area contributed by atoms with Gasteiger partial charge in [0, 0.05) is 22.1 Å². The third-order valence-corrected chi connectivity index (χ3v) is 5.34. The Labute approximate surface area is 124 Å². The second-order valence-corrected chi connectivity index (χ2v) is 7.55. The number of benzene rings is 1. The SMILES string of the molecule is CC(CCO)CNS(=O)(=O)c1cc(Br)ccc1Br. The topological polar surface area (TPSA) is 66.4 Å². The van der Waals surface area contributed by atoms with Gasteiger partial charge in [0.05, 0.1) is 4.90 Å². The molecule has 0 bridgehead atoms. The number of halogens is 2. The maximum absolute atomic E-state index is 12.1. The Hall–Kier alpha value is 0.0500. The zero-order valence-corrected chi connectivity index (χ0v) is 13.8. The molecule has 7 heteroatoms. The molecule has 0 aliphatic rings. The van der Waals surface area contributed by atoms with E-state index in [0.29, 0.717) is 21.9 Å². The minimum absolute atomic E-state index is 0.0590. The highest BCUT2D eigenvalue weighted by molar-refractivity contribution is 9.11. The van der Waals surface area contributed by atoms with Gasteiger partial charge < -0.3 is 5.11 Å². The number of aliphatic hydroxyl groups excluding tert-OH is 1. The first-order valence-corrected chi connectivity index (χ1v) is 8.49. The predicted octanol–water partition coefficient (Wildman–Crippen LogP) is 2.51. The molecule has 1 aromatic rings. The van der Waals surface area contributed by atoms with E-state index in [4.69, 9.17) is 5.11 Å². The highest BCUT2D eigenvalue weighted by atomic mass is 79.9. The van der Waals surface area contributed by atoms with Crippen molar-refractivity contribution in [2.75, 3.05) is 13.2 Å². The van der Waals surface area contributed by atoms with Crippen molar-refractivity contribution in [2.24, 2.45) is 5.92 Å². The highest BCUT2D eigenvalue weighted by Crippen LogP contribution is 2.25. The van der Waals surface area contributed by atoms with Crippen molar-refractivity contribution in [1.82, 2.24) is 4.72 Å². The fraction of sp³-hybridized carbons (Fsp3) is 0.455. The minimum Gasteiger partial charge on any atom is -0.396 e. The van der Waals surface area contributed by atoms with Crippen LogP contribution >= 0.6 is 31.9 Å². The Balaban J connectivity index is 2.83. The minimum atomic E-state index is -3.54. The Bertz CT molecular complexity index is 505. The van der Waals surface area contributed by atoms with Gasteiger partial charge in [-0.1, -0.05) is 22.9 Å². The summed E-state index contributed by atoms with van der Waals surface area (Å²) in [5, 5.41) is 8.77. The van der Waals surface area contributed by atoms with Crippen LogP contribution in [0, 0.1) is 5.92 Å². The van der Waals surface area contributed by atoms with Gasteiger partial charge in [-0.2, -0.15) is 0 Å². The lowest BCUT2D eigenvalue weighted by Crippen LogP contribution is -2.29. The van der Waals surface area contributed by atoms with Crippen LogP contribution in [0.4, 0.5) is 0 Å². The normalized spacial score (nSPS) is 13.6. The third kappa shape index (κ3) is 4.62. The molecular formula is C11H15Br2NO3S. The first-order valence-electron chi connectivity index (χ1n) is 5.42. The zero-order valence-electron chi connectivity index (χ0n) is 9.86. The van der Waals surface area contributed by atoms with E-state index in [2.05, 4.69) is 36.6 Å². The molecule has 0 aliphatic heterocycles. The third-order valence-electron chi connectivity index (χ3n) is 2.43. The molecule has 0 saturated carbocycles. The highest BCUT2D eigenvalue weighted by Gasteiger charge is 2.18. The summed E-state index contributed by atoms with van der Waals surface area (Å²) >= 11 is 6.47. The average molecular weight is 401 g/mol. The second kappa shape index (κ2) is 7.00. The first-order chi connectivity index (χ1) is 8.36. The van der Waals surface area contributed by atoms with Crippen molar-refractivity contribution < 1.29 is 13.5 Å². The van der Waals surface area contributed by atoms with Crippen LogP contribution in [0.5, 0.6) is 0 Å². The molecule has 0 spiro atoms. The van der Waals surface area contributed by atoms with Gasteiger partial charge in [-0.05, 0) is 46.5 Å². The first kappa shape index (κ1) is 16.1. The molecule has 1 atom stereocenters. The largest absolute Gasteiger partial charge is 0.396 e. The summed E-state index contributed by atoms with van der Waals surface area (Å²) in [5.74, 6) is 0.0932. The Morgan fingerprint density at radius 3 is 2.67 bits per heavy atom.